The van der Waals surface area contributed by atoms with Crippen LogP contribution in [0.2, 0.25) is 5.02 Å². The summed E-state index contributed by atoms with van der Waals surface area (Å²) in [5.74, 6) is 0. The Morgan fingerprint density at radius 3 is 2.89 bits per heavy atom. The molecule has 1 aliphatic heterocycles. The number of piperidine rings is 1. The van der Waals surface area contributed by atoms with Gasteiger partial charge in [-0.25, -0.2) is 0 Å². The number of nitrogens with zero attached hydrogens (tertiary/aromatic N) is 1. The molecule has 1 aromatic carbocycles. The monoisotopic (exact) mass is 282 g/mol. The van der Waals surface area contributed by atoms with Gasteiger partial charge in [-0.3, -0.25) is 4.90 Å². The molecule has 1 aromatic rings. The molecule has 0 bridgehead atoms. The van der Waals surface area contributed by atoms with Crippen LogP contribution in [0.3, 0.4) is 0 Å². The van der Waals surface area contributed by atoms with Crippen molar-refractivity contribution < 1.29 is 0 Å². The molecule has 98 valence electrons. The van der Waals surface area contributed by atoms with Crippen molar-refractivity contribution in [1.82, 2.24) is 4.90 Å². The lowest BCUT2D eigenvalue weighted by atomic mass is 10.0. The number of thiocarbonyl (C=S) groups is 1. The van der Waals surface area contributed by atoms with Crippen LogP contribution in [0.5, 0.6) is 0 Å². The first-order valence-corrected chi connectivity index (χ1v) is 7.19. The fourth-order valence-corrected chi connectivity index (χ4v) is 2.81. The van der Waals surface area contributed by atoms with Gasteiger partial charge < -0.3 is 5.73 Å². The third-order valence-corrected chi connectivity index (χ3v) is 4.24. The molecule has 2 N–H and O–H groups in total. The minimum atomic E-state index is 0.398. The zero-order valence-corrected chi connectivity index (χ0v) is 12.2. The number of likely N-dealkylation sites (tertiary alicyclic amines) is 1. The zero-order valence-electron chi connectivity index (χ0n) is 10.7. The topological polar surface area (TPSA) is 29.3 Å². The molecule has 2 nitrogen and oxygen atoms in total. The molecule has 1 fully saturated rings. The molecule has 0 aliphatic carbocycles. The van der Waals surface area contributed by atoms with Crippen molar-refractivity contribution >= 4 is 28.8 Å². The van der Waals surface area contributed by atoms with Crippen molar-refractivity contribution in [1.29, 1.82) is 0 Å². The molecule has 1 aliphatic rings. The van der Waals surface area contributed by atoms with Gasteiger partial charge in [-0.2, -0.15) is 0 Å². The number of rotatable bonds is 3. The quantitative estimate of drug-likeness (QED) is 0.862. The highest BCUT2D eigenvalue weighted by Gasteiger charge is 2.19. The Morgan fingerprint density at radius 1 is 1.50 bits per heavy atom. The Kier molecular flexibility index (Phi) is 4.60. The molecule has 1 atom stereocenters. The van der Waals surface area contributed by atoms with Crippen LogP contribution in [0, 0.1) is 0 Å². The summed E-state index contributed by atoms with van der Waals surface area (Å²) in [4.78, 5) is 2.89. The molecule has 4 heteroatoms. The van der Waals surface area contributed by atoms with Gasteiger partial charge in [0.15, 0.2) is 0 Å². The van der Waals surface area contributed by atoms with Gasteiger partial charge in [0.25, 0.3) is 0 Å². The minimum Gasteiger partial charge on any atom is -0.389 e. The van der Waals surface area contributed by atoms with Gasteiger partial charge in [0.05, 0.1) is 0 Å². The van der Waals surface area contributed by atoms with E-state index in [1.807, 2.05) is 18.2 Å². The van der Waals surface area contributed by atoms with Gasteiger partial charge in [-0.1, -0.05) is 42.4 Å². The average molecular weight is 283 g/mol. The second kappa shape index (κ2) is 6.00. The second-order valence-electron chi connectivity index (χ2n) is 4.99. The van der Waals surface area contributed by atoms with Crippen molar-refractivity contribution in [3.63, 3.8) is 0 Å². The number of halogens is 1. The van der Waals surface area contributed by atoms with Gasteiger partial charge in [0, 0.05) is 23.2 Å². The molecular formula is C14H19ClN2S. The average Bonchev–Trinajstić information content (AvgIpc) is 2.34. The van der Waals surface area contributed by atoms with Crippen LogP contribution in [0.1, 0.15) is 37.3 Å². The van der Waals surface area contributed by atoms with E-state index in [2.05, 4.69) is 11.8 Å². The Morgan fingerprint density at radius 2 is 2.28 bits per heavy atom. The second-order valence-corrected chi connectivity index (χ2v) is 5.83. The largest absolute Gasteiger partial charge is 0.389 e. The number of hydrogen-bond donors (Lipinski definition) is 1. The predicted molar refractivity (Wildman–Crippen MR) is 81.1 cm³/mol. The first-order valence-electron chi connectivity index (χ1n) is 6.40. The SMILES string of the molecule is CC1CCCCN1Cc1ccc(C(N)=S)cc1Cl. The summed E-state index contributed by atoms with van der Waals surface area (Å²) in [5.41, 5.74) is 7.60. The highest BCUT2D eigenvalue weighted by molar-refractivity contribution is 7.80. The van der Waals surface area contributed by atoms with E-state index >= 15 is 0 Å². The van der Waals surface area contributed by atoms with Crippen molar-refractivity contribution in [2.75, 3.05) is 6.54 Å². The van der Waals surface area contributed by atoms with Crippen LogP contribution < -0.4 is 5.73 Å². The normalized spacial score (nSPS) is 20.9. The van der Waals surface area contributed by atoms with Gasteiger partial charge in [0.1, 0.15) is 4.99 Å². The Hall–Kier alpha value is -0.640. The molecule has 0 spiro atoms. The van der Waals surface area contributed by atoms with Crippen molar-refractivity contribution in [2.45, 2.75) is 38.8 Å². The number of nitrogens with two attached hydrogens (primary N) is 1. The van der Waals surface area contributed by atoms with E-state index in [0.29, 0.717) is 11.0 Å². The van der Waals surface area contributed by atoms with E-state index in [9.17, 15) is 0 Å². The van der Waals surface area contributed by atoms with Gasteiger partial charge in [-0.05, 0) is 37.9 Å². The molecule has 0 saturated carbocycles. The Labute approximate surface area is 119 Å². The lowest BCUT2D eigenvalue weighted by Crippen LogP contribution is -2.36. The van der Waals surface area contributed by atoms with Gasteiger partial charge in [0.2, 0.25) is 0 Å². The fraction of sp³-hybridized carbons (Fsp3) is 0.500. The minimum absolute atomic E-state index is 0.398. The molecule has 0 radical (unpaired) electrons. The highest BCUT2D eigenvalue weighted by Crippen LogP contribution is 2.24. The van der Waals surface area contributed by atoms with E-state index < -0.39 is 0 Å². The van der Waals surface area contributed by atoms with E-state index in [4.69, 9.17) is 29.6 Å². The number of hydrogen-bond acceptors (Lipinski definition) is 2. The Bertz CT molecular complexity index is 447. The molecule has 0 amide bonds. The van der Waals surface area contributed by atoms with E-state index in [-0.39, 0.29) is 0 Å². The summed E-state index contributed by atoms with van der Waals surface area (Å²) in [6.45, 7) is 4.36. The maximum atomic E-state index is 6.30. The maximum Gasteiger partial charge on any atom is 0.104 e. The summed E-state index contributed by atoms with van der Waals surface area (Å²) in [6, 6.07) is 6.51. The van der Waals surface area contributed by atoms with Gasteiger partial charge >= 0.3 is 0 Å². The summed E-state index contributed by atoms with van der Waals surface area (Å²) >= 11 is 11.3. The lowest BCUT2D eigenvalue weighted by molar-refractivity contribution is 0.152. The summed E-state index contributed by atoms with van der Waals surface area (Å²) in [5, 5.41) is 0.762. The third-order valence-electron chi connectivity index (χ3n) is 3.65. The first-order chi connectivity index (χ1) is 8.58. The van der Waals surface area contributed by atoms with E-state index in [0.717, 1.165) is 29.2 Å². The smallest absolute Gasteiger partial charge is 0.104 e. The third kappa shape index (κ3) is 3.22. The highest BCUT2D eigenvalue weighted by atomic mass is 35.5. The van der Waals surface area contributed by atoms with Crippen LogP contribution in [-0.4, -0.2) is 22.5 Å². The van der Waals surface area contributed by atoms with Gasteiger partial charge in [-0.15, -0.1) is 0 Å². The molecule has 18 heavy (non-hydrogen) atoms. The van der Waals surface area contributed by atoms with Crippen LogP contribution >= 0.6 is 23.8 Å². The van der Waals surface area contributed by atoms with Crippen LogP contribution in [0.25, 0.3) is 0 Å². The van der Waals surface area contributed by atoms with Crippen molar-refractivity contribution in [2.24, 2.45) is 5.73 Å². The predicted octanol–water partition coefficient (Wildman–Crippen LogP) is 3.35. The maximum absolute atomic E-state index is 6.30. The number of benzene rings is 1. The first kappa shape index (κ1) is 13.8. The molecule has 2 rings (SSSR count). The molecule has 1 unspecified atom stereocenters. The lowest BCUT2D eigenvalue weighted by Gasteiger charge is -2.33. The Balaban J connectivity index is 2.11. The van der Waals surface area contributed by atoms with Crippen molar-refractivity contribution in [3.8, 4) is 0 Å². The van der Waals surface area contributed by atoms with Crippen LogP contribution in [0.4, 0.5) is 0 Å². The standard InChI is InChI=1S/C14H19ClN2S/c1-10-4-2-3-7-17(10)9-12-6-5-11(14(16)18)8-13(12)15/h5-6,8,10H,2-4,7,9H2,1H3,(H2,16,18). The van der Waals surface area contributed by atoms with Crippen LogP contribution in [0.15, 0.2) is 18.2 Å². The van der Waals surface area contributed by atoms with Crippen molar-refractivity contribution in [3.05, 3.63) is 34.3 Å². The molecule has 1 saturated heterocycles. The van der Waals surface area contributed by atoms with Crippen LogP contribution in [-0.2, 0) is 6.54 Å². The summed E-state index contributed by atoms with van der Waals surface area (Å²) in [6.07, 6.45) is 3.90. The summed E-state index contributed by atoms with van der Waals surface area (Å²) < 4.78 is 0. The van der Waals surface area contributed by atoms with E-state index in [1.54, 1.807) is 0 Å². The van der Waals surface area contributed by atoms with E-state index in [1.165, 1.54) is 19.3 Å². The zero-order chi connectivity index (χ0) is 13.1. The summed E-state index contributed by atoms with van der Waals surface area (Å²) in [7, 11) is 0. The fourth-order valence-electron chi connectivity index (χ4n) is 2.44. The molecule has 1 heterocycles. The molecular weight excluding hydrogens is 264 g/mol. The molecule has 0 aromatic heterocycles.